The van der Waals surface area contributed by atoms with Crippen LogP contribution < -0.4 is 10.6 Å². The number of hydrogen-bond acceptors (Lipinski definition) is 3. The van der Waals surface area contributed by atoms with Gasteiger partial charge in [-0.2, -0.15) is 0 Å². The van der Waals surface area contributed by atoms with Crippen LogP contribution in [0.4, 0.5) is 0 Å². The maximum absolute atomic E-state index is 12.8. The molecule has 0 spiro atoms. The molecule has 0 heterocycles. The van der Waals surface area contributed by atoms with Crippen LogP contribution in [0.15, 0.2) is 48.7 Å². The van der Waals surface area contributed by atoms with Crippen molar-refractivity contribution in [2.24, 2.45) is 5.92 Å². The summed E-state index contributed by atoms with van der Waals surface area (Å²) in [7, 11) is 0. The SMILES string of the molecule is C=C(C)N[C@H](Cc1ccc(C)cc1)[C@H](O)C(=O)N[C@@H](CC(C)C)C(=C)CC. The van der Waals surface area contributed by atoms with Gasteiger partial charge in [-0.1, -0.05) is 69.3 Å². The summed E-state index contributed by atoms with van der Waals surface area (Å²) in [5.41, 5.74) is 3.93. The first-order chi connectivity index (χ1) is 12.6. The number of aryl methyl sites for hydroxylation is 1. The van der Waals surface area contributed by atoms with Crippen LogP contribution >= 0.6 is 0 Å². The second-order valence-electron chi connectivity index (χ2n) is 7.87. The molecule has 1 amide bonds. The molecule has 0 fully saturated rings. The smallest absolute Gasteiger partial charge is 0.251 e. The number of amides is 1. The predicted octanol–water partition coefficient (Wildman–Crippen LogP) is 3.89. The standard InChI is InChI=1S/C23H36N2O2/c1-8-18(7)20(13-15(2)3)25-23(27)22(26)21(24-16(4)5)14-19-11-9-17(6)10-12-19/h9-12,15,20-22,24,26H,4,7-8,13-14H2,1-3,5-6H3,(H,25,27)/t20-,21+,22-/m0/s1. The number of rotatable bonds is 11. The summed E-state index contributed by atoms with van der Waals surface area (Å²) in [5, 5.41) is 16.9. The Morgan fingerprint density at radius 3 is 2.22 bits per heavy atom. The molecule has 0 aliphatic rings. The maximum Gasteiger partial charge on any atom is 0.251 e. The van der Waals surface area contributed by atoms with E-state index in [-0.39, 0.29) is 11.9 Å². The highest BCUT2D eigenvalue weighted by Crippen LogP contribution is 2.15. The highest BCUT2D eigenvalue weighted by molar-refractivity contribution is 5.82. The number of hydrogen-bond donors (Lipinski definition) is 3. The van der Waals surface area contributed by atoms with Crippen LogP contribution in [-0.4, -0.2) is 29.2 Å². The molecule has 0 aromatic heterocycles. The third kappa shape index (κ3) is 8.00. The first-order valence-electron chi connectivity index (χ1n) is 9.77. The predicted molar refractivity (Wildman–Crippen MR) is 113 cm³/mol. The summed E-state index contributed by atoms with van der Waals surface area (Å²) in [4.78, 5) is 12.8. The topological polar surface area (TPSA) is 61.4 Å². The fourth-order valence-electron chi connectivity index (χ4n) is 3.02. The Bertz CT molecular complexity index is 634. The lowest BCUT2D eigenvalue weighted by atomic mass is 9.95. The Labute approximate surface area is 164 Å². The number of aliphatic hydroxyl groups excluding tert-OH is 1. The van der Waals surface area contributed by atoms with Gasteiger partial charge in [-0.15, -0.1) is 0 Å². The summed E-state index contributed by atoms with van der Waals surface area (Å²) in [6.07, 6.45) is 0.958. The second-order valence-corrected chi connectivity index (χ2v) is 7.87. The molecular formula is C23H36N2O2. The van der Waals surface area contributed by atoms with E-state index in [1.807, 2.05) is 45.0 Å². The largest absolute Gasteiger partial charge is 0.383 e. The molecule has 0 aliphatic heterocycles. The first-order valence-corrected chi connectivity index (χ1v) is 9.77. The molecule has 0 unspecified atom stereocenters. The molecule has 150 valence electrons. The number of aliphatic hydroxyl groups is 1. The van der Waals surface area contributed by atoms with E-state index in [4.69, 9.17) is 0 Å². The quantitative estimate of drug-likeness (QED) is 0.517. The van der Waals surface area contributed by atoms with Crippen molar-refractivity contribution < 1.29 is 9.90 Å². The second kappa shape index (κ2) is 10.9. The van der Waals surface area contributed by atoms with Crippen LogP contribution in [0.1, 0.15) is 51.7 Å². The molecule has 0 radical (unpaired) electrons. The van der Waals surface area contributed by atoms with Crippen molar-refractivity contribution in [2.45, 2.75) is 72.1 Å². The van der Waals surface area contributed by atoms with Gasteiger partial charge < -0.3 is 15.7 Å². The van der Waals surface area contributed by atoms with Crippen LogP contribution in [0.25, 0.3) is 0 Å². The van der Waals surface area contributed by atoms with Crippen molar-refractivity contribution in [3.8, 4) is 0 Å². The van der Waals surface area contributed by atoms with Crippen molar-refractivity contribution in [3.05, 3.63) is 59.8 Å². The average Bonchev–Trinajstić information content (AvgIpc) is 2.60. The van der Waals surface area contributed by atoms with Gasteiger partial charge in [-0.25, -0.2) is 0 Å². The normalized spacial score (nSPS) is 14.3. The number of nitrogens with one attached hydrogen (secondary N) is 2. The third-order valence-corrected chi connectivity index (χ3v) is 4.63. The Morgan fingerprint density at radius 1 is 1.15 bits per heavy atom. The zero-order chi connectivity index (χ0) is 20.6. The molecule has 3 N–H and O–H groups in total. The van der Waals surface area contributed by atoms with Crippen molar-refractivity contribution >= 4 is 5.91 Å². The Balaban J connectivity index is 2.89. The minimum Gasteiger partial charge on any atom is -0.383 e. The van der Waals surface area contributed by atoms with Gasteiger partial charge in [0.15, 0.2) is 6.10 Å². The van der Waals surface area contributed by atoms with Crippen molar-refractivity contribution in [1.82, 2.24) is 10.6 Å². The highest BCUT2D eigenvalue weighted by atomic mass is 16.3. The Morgan fingerprint density at radius 2 is 1.74 bits per heavy atom. The molecule has 0 bridgehead atoms. The fourth-order valence-corrected chi connectivity index (χ4v) is 3.02. The van der Waals surface area contributed by atoms with E-state index in [2.05, 4.69) is 37.6 Å². The van der Waals surface area contributed by atoms with Gasteiger partial charge in [0.2, 0.25) is 0 Å². The summed E-state index contributed by atoms with van der Waals surface area (Å²) < 4.78 is 0. The minimum atomic E-state index is -1.18. The molecule has 4 heteroatoms. The van der Waals surface area contributed by atoms with Gasteiger partial charge in [-0.3, -0.25) is 4.79 Å². The van der Waals surface area contributed by atoms with Crippen molar-refractivity contribution in [2.75, 3.05) is 0 Å². The van der Waals surface area contributed by atoms with E-state index in [1.165, 1.54) is 5.56 Å². The molecule has 3 atom stereocenters. The minimum absolute atomic E-state index is 0.123. The van der Waals surface area contributed by atoms with E-state index in [0.29, 0.717) is 12.3 Å². The third-order valence-electron chi connectivity index (χ3n) is 4.63. The van der Waals surface area contributed by atoms with Crippen LogP contribution in [0.3, 0.4) is 0 Å². The van der Waals surface area contributed by atoms with Crippen LogP contribution in [-0.2, 0) is 11.2 Å². The van der Waals surface area contributed by atoms with Gasteiger partial charge in [-0.05, 0) is 44.6 Å². The summed E-state index contributed by atoms with van der Waals surface area (Å²) >= 11 is 0. The number of benzene rings is 1. The van der Waals surface area contributed by atoms with Gasteiger partial charge >= 0.3 is 0 Å². The van der Waals surface area contributed by atoms with Crippen molar-refractivity contribution in [1.29, 1.82) is 0 Å². The lowest BCUT2D eigenvalue weighted by molar-refractivity contribution is -0.131. The lowest BCUT2D eigenvalue weighted by Gasteiger charge is -2.28. The Kier molecular flexibility index (Phi) is 9.30. The van der Waals surface area contributed by atoms with E-state index in [1.54, 1.807) is 0 Å². The van der Waals surface area contributed by atoms with Gasteiger partial charge in [0.05, 0.1) is 12.1 Å². The van der Waals surface area contributed by atoms with E-state index in [9.17, 15) is 9.90 Å². The van der Waals surface area contributed by atoms with Crippen LogP contribution in [0.5, 0.6) is 0 Å². The zero-order valence-corrected chi connectivity index (χ0v) is 17.5. The van der Waals surface area contributed by atoms with Crippen LogP contribution in [0.2, 0.25) is 0 Å². The Hall–Kier alpha value is -2.07. The van der Waals surface area contributed by atoms with Crippen LogP contribution in [0, 0.1) is 12.8 Å². The summed E-state index contributed by atoms with van der Waals surface area (Å²) in [6.45, 7) is 18.1. The molecule has 4 nitrogen and oxygen atoms in total. The number of carbonyl (C=O) groups excluding carboxylic acids is 1. The molecule has 1 rings (SSSR count). The van der Waals surface area contributed by atoms with Crippen molar-refractivity contribution in [3.63, 3.8) is 0 Å². The number of allylic oxidation sites excluding steroid dienone is 1. The monoisotopic (exact) mass is 372 g/mol. The maximum atomic E-state index is 12.8. The average molecular weight is 373 g/mol. The summed E-state index contributed by atoms with van der Waals surface area (Å²) in [6, 6.07) is 7.54. The van der Waals surface area contributed by atoms with E-state index >= 15 is 0 Å². The number of carbonyl (C=O) groups is 1. The molecule has 1 aromatic carbocycles. The first kappa shape index (κ1) is 23.0. The van der Waals surface area contributed by atoms with Gasteiger partial charge in [0.1, 0.15) is 0 Å². The molecular weight excluding hydrogens is 336 g/mol. The summed E-state index contributed by atoms with van der Waals surface area (Å²) in [5.74, 6) is 0.0498. The van der Waals surface area contributed by atoms with E-state index in [0.717, 1.165) is 29.7 Å². The fraction of sp³-hybridized carbons (Fsp3) is 0.522. The zero-order valence-electron chi connectivity index (χ0n) is 17.5. The lowest BCUT2D eigenvalue weighted by Crippen LogP contribution is -2.52. The highest BCUT2D eigenvalue weighted by Gasteiger charge is 2.28. The molecule has 0 aliphatic carbocycles. The molecule has 1 aromatic rings. The van der Waals surface area contributed by atoms with E-state index < -0.39 is 12.1 Å². The molecule has 0 saturated carbocycles. The van der Waals surface area contributed by atoms with Gasteiger partial charge in [0, 0.05) is 5.70 Å². The molecule has 0 saturated heterocycles. The van der Waals surface area contributed by atoms with Gasteiger partial charge in [0.25, 0.3) is 5.91 Å². The molecule has 27 heavy (non-hydrogen) atoms.